The molecule has 0 unspecified atom stereocenters. The van der Waals surface area contributed by atoms with Gasteiger partial charge in [0, 0.05) is 74.8 Å². The van der Waals surface area contributed by atoms with Crippen LogP contribution in [0.1, 0.15) is 139 Å². The van der Waals surface area contributed by atoms with Gasteiger partial charge in [0.15, 0.2) is 0 Å². The maximum Gasteiger partial charge on any atom is 0.412 e. The van der Waals surface area contributed by atoms with Crippen LogP contribution in [0.3, 0.4) is 0 Å². The van der Waals surface area contributed by atoms with Crippen LogP contribution in [0.5, 0.6) is 11.5 Å². The van der Waals surface area contributed by atoms with Gasteiger partial charge in [-0.1, -0.05) is 94.9 Å². The summed E-state index contributed by atoms with van der Waals surface area (Å²) in [4.78, 5) is 39.2. The molecule has 2 aromatic carbocycles. The second-order valence-corrected chi connectivity index (χ2v) is 19.6. The molecule has 0 spiro atoms. The molecule has 0 bridgehead atoms. The van der Waals surface area contributed by atoms with Gasteiger partial charge < -0.3 is 34.6 Å². The number of benzene rings is 2. The average molecular weight is 956 g/mol. The van der Waals surface area contributed by atoms with Crippen molar-refractivity contribution in [1.29, 1.82) is 0 Å². The quantitative estimate of drug-likeness (QED) is 0.0240. The lowest BCUT2D eigenvalue weighted by Gasteiger charge is -2.58. The van der Waals surface area contributed by atoms with Crippen molar-refractivity contribution in [3.8, 4) is 11.5 Å². The SMILES string of the molecule is C=CCO[C@@]12Oc3ccc(OC(=O)NCCCCCCCCCCCC)cc3[C@H]3[C@H](CCCCO)[C@@H](CCCCO)C=C(C(=NOCc4ccc([N+](=O)[O-])cc4)C[C@@H]1SCCc1cnccn1)[C@H]32. The predicted molar refractivity (Wildman–Crippen MR) is 267 cm³/mol. The van der Waals surface area contributed by atoms with Gasteiger partial charge in [-0.25, -0.2) is 4.79 Å². The van der Waals surface area contributed by atoms with E-state index in [2.05, 4.69) is 34.9 Å². The number of fused-ring (bicyclic) bond motifs is 2. The summed E-state index contributed by atoms with van der Waals surface area (Å²) >= 11 is 1.73. The molecular weight excluding hydrogens is 883 g/mol. The Labute approximate surface area is 406 Å². The Bertz CT molecular complexity index is 2090. The minimum atomic E-state index is -1.18. The first kappa shape index (κ1) is 52.5. The zero-order valence-electron chi connectivity index (χ0n) is 39.9. The van der Waals surface area contributed by atoms with Gasteiger partial charge in [0.1, 0.15) is 18.1 Å². The Morgan fingerprint density at radius 3 is 2.41 bits per heavy atom. The third-order valence-corrected chi connectivity index (χ3v) is 14.8. The van der Waals surface area contributed by atoms with Crippen LogP contribution in [-0.2, 0) is 22.6 Å². The van der Waals surface area contributed by atoms with Crippen LogP contribution in [0.4, 0.5) is 10.5 Å². The van der Waals surface area contributed by atoms with Crippen molar-refractivity contribution >= 4 is 29.3 Å². The number of nitro groups is 1. The highest BCUT2D eigenvalue weighted by atomic mass is 32.2. The molecule has 0 radical (unpaired) electrons. The highest BCUT2D eigenvalue weighted by Gasteiger charge is 2.64. The Hall–Kier alpha value is -4.83. The van der Waals surface area contributed by atoms with Gasteiger partial charge in [-0.05, 0) is 91.2 Å². The van der Waals surface area contributed by atoms with Crippen LogP contribution in [-0.4, -0.2) is 80.1 Å². The van der Waals surface area contributed by atoms with Gasteiger partial charge in [0.25, 0.3) is 5.69 Å². The fourth-order valence-electron chi connectivity index (χ4n) is 10.1. The first-order valence-electron chi connectivity index (χ1n) is 25.1. The number of nitrogens with one attached hydrogen (secondary N) is 1. The van der Waals surface area contributed by atoms with Crippen molar-refractivity contribution in [2.75, 3.05) is 32.1 Å². The molecule has 1 aromatic heterocycles. The molecule has 1 aliphatic heterocycles. The monoisotopic (exact) mass is 956 g/mol. The van der Waals surface area contributed by atoms with Crippen molar-refractivity contribution in [2.24, 2.45) is 22.9 Å². The highest BCUT2D eigenvalue weighted by molar-refractivity contribution is 8.00. The van der Waals surface area contributed by atoms with Crippen molar-refractivity contribution < 1.29 is 39.0 Å². The van der Waals surface area contributed by atoms with E-state index in [-0.39, 0.29) is 61.0 Å². The summed E-state index contributed by atoms with van der Waals surface area (Å²) in [5.74, 6) is 0.143. The lowest BCUT2D eigenvalue weighted by molar-refractivity contribution is -0.384. The number of aliphatic hydroxyl groups is 2. The van der Waals surface area contributed by atoms with Crippen molar-refractivity contribution in [3.63, 3.8) is 0 Å². The Kier molecular flexibility index (Phi) is 21.6. The minimum Gasteiger partial charge on any atom is -0.460 e. The average Bonchev–Trinajstić information content (AvgIpc) is 3.35. The number of oxime groups is 1. The van der Waals surface area contributed by atoms with Crippen LogP contribution in [0.15, 0.2) is 90.5 Å². The summed E-state index contributed by atoms with van der Waals surface area (Å²) in [5.41, 5.74) is 4.26. The van der Waals surface area contributed by atoms with Crippen LogP contribution in [0.25, 0.3) is 0 Å². The standard InChI is InChI=1S/C53H73N5O9S/c1-3-5-6-7-8-9-10-11-12-15-27-56-52(61)66-43-24-25-48-46(35-43)50-44(19-14-17-31-60)40(18-13-16-30-59)34-45-47(57-65-38-39-20-22-42(23-21-39)58(62)63)36-49(53(67-48,51(45)50)64-32-4-2)68-33-26-41-37-54-28-29-55-41/h4,20-25,28-29,34-35,37,40,44,49-51,59-60H,2-3,5-19,26-27,30-33,36,38H2,1H3,(H,56,61)/t40-,44+,49-,50+,51+,53+/m0/s1. The van der Waals surface area contributed by atoms with Gasteiger partial charge in [-0.2, -0.15) is 11.8 Å². The van der Waals surface area contributed by atoms with Crippen LogP contribution in [0, 0.1) is 27.9 Å². The van der Waals surface area contributed by atoms with Gasteiger partial charge >= 0.3 is 6.09 Å². The second kappa shape index (κ2) is 28.0. The number of aryl methyl sites for hydroxylation is 1. The minimum absolute atomic E-state index is 0.000134. The zero-order chi connectivity index (χ0) is 48.0. The molecule has 6 atom stereocenters. The van der Waals surface area contributed by atoms with E-state index in [1.807, 2.05) is 12.1 Å². The number of aliphatic hydroxyl groups excluding tert-OH is 2. The molecule has 370 valence electrons. The van der Waals surface area contributed by atoms with Crippen LogP contribution >= 0.6 is 11.8 Å². The number of carbonyl (C=O) groups excluding carboxylic acids is 1. The van der Waals surface area contributed by atoms with Crippen molar-refractivity contribution in [1.82, 2.24) is 15.3 Å². The number of aromatic nitrogens is 2. The van der Waals surface area contributed by atoms with E-state index in [4.69, 9.17) is 24.2 Å². The maximum absolute atomic E-state index is 13.3. The number of amides is 1. The van der Waals surface area contributed by atoms with Gasteiger partial charge in [0.05, 0.1) is 34.1 Å². The lowest BCUT2D eigenvalue weighted by atomic mass is 9.56. The fraction of sp³-hybridized carbons (Fsp3) is 0.585. The molecule has 3 N–H and O–H groups in total. The normalized spacial score (nSPS) is 22.1. The molecule has 3 aromatic rings. The van der Waals surface area contributed by atoms with E-state index in [1.54, 1.807) is 54.6 Å². The third-order valence-electron chi connectivity index (χ3n) is 13.5. The predicted octanol–water partition coefficient (Wildman–Crippen LogP) is 11.2. The number of rotatable bonds is 31. The van der Waals surface area contributed by atoms with E-state index >= 15 is 0 Å². The molecule has 3 aliphatic rings. The number of ether oxygens (including phenoxy) is 3. The summed E-state index contributed by atoms with van der Waals surface area (Å²) < 4.78 is 20.4. The van der Waals surface area contributed by atoms with Crippen molar-refractivity contribution in [2.45, 2.75) is 146 Å². The number of hydrogen-bond donors (Lipinski definition) is 3. The molecule has 0 saturated heterocycles. The lowest BCUT2D eigenvalue weighted by Crippen LogP contribution is -2.64. The Morgan fingerprint density at radius 1 is 0.985 bits per heavy atom. The summed E-state index contributed by atoms with van der Waals surface area (Å²) in [6.07, 6.45) is 26.5. The Balaban J connectivity index is 1.33. The largest absolute Gasteiger partial charge is 0.460 e. The van der Waals surface area contributed by atoms with Gasteiger partial charge in [-0.3, -0.25) is 20.1 Å². The summed E-state index contributed by atoms with van der Waals surface area (Å²) in [5, 5.41) is 38.8. The smallest absolute Gasteiger partial charge is 0.412 e. The number of hydrogen-bond acceptors (Lipinski definition) is 13. The van der Waals surface area contributed by atoms with E-state index in [0.717, 1.165) is 73.1 Å². The van der Waals surface area contributed by atoms with E-state index in [1.165, 1.54) is 57.1 Å². The van der Waals surface area contributed by atoms with E-state index < -0.39 is 16.8 Å². The molecule has 15 heteroatoms. The molecule has 68 heavy (non-hydrogen) atoms. The molecule has 6 rings (SSSR count). The number of nitrogens with zero attached hydrogens (tertiary/aromatic N) is 4. The summed E-state index contributed by atoms with van der Waals surface area (Å²) in [6.45, 7) is 7.34. The molecule has 1 saturated carbocycles. The molecule has 14 nitrogen and oxygen atoms in total. The number of unbranched alkanes of at least 4 members (excludes halogenated alkanes) is 11. The van der Waals surface area contributed by atoms with Crippen molar-refractivity contribution in [3.05, 3.63) is 112 Å². The van der Waals surface area contributed by atoms with E-state index in [9.17, 15) is 25.1 Å². The van der Waals surface area contributed by atoms with Gasteiger partial charge in [-0.15, -0.1) is 6.58 Å². The highest BCUT2D eigenvalue weighted by Crippen LogP contribution is 2.62. The number of non-ortho nitro benzene ring substituents is 1. The molecule has 2 heterocycles. The Morgan fingerprint density at radius 2 is 1.72 bits per heavy atom. The first-order chi connectivity index (χ1) is 33.3. The molecule has 1 amide bonds. The molecule has 1 fully saturated rings. The van der Waals surface area contributed by atoms with Gasteiger partial charge in [0.2, 0.25) is 5.79 Å². The zero-order valence-corrected chi connectivity index (χ0v) is 40.8. The topological polar surface area (TPSA) is 188 Å². The summed E-state index contributed by atoms with van der Waals surface area (Å²) in [7, 11) is 0. The summed E-state index contributed by atoms with van der Waals surface area (Å²) in [6, 6.07) is 11.9. The van der Waals surface area contributed by atoms with E-state index in [0.29, 0.717) is 49.5 Å². The van der Waals surface area contributed by atoms with Crippen LogP contribution in [0.2, 0.25) is 0 Å². The fourth-order valence-corrected chi connectivity index (χ4v) is 11.5. The van der Waals surface area contributed by atoms with Crippen LogP contribution < -0.4 is 14.8 Å². The number of nitro benzene ring substituents is 1. The number of carbonyl (C=O) groups is 1. The number of allylic oxidation sites excluding steroid dienone is 1. The molecular formula is C53H73N5O9S. The molecule has 2 aliphatic carbocycles. The first-order valence-corrected chi connectivity index (χ1v) is 26.1. The maximum atomic E-state index is 13.3. The second-order valence-electron chi connectivity index (χ2n) is 18.3. The third kappa shape index (κ3) is 14.6. The number of thioether (sulfide) groups is 1.